The Morgan fingerprint density at radius 1 is 1.14 bits per heavy atom. The first kappa shape index (κ1) is 18.1. The van der Waals surface area contributed by atoms with Crippen LogP contribution < -0.4 is 16.0 Å². The van der Waals surface area contributed by atoms with E-state index in [2.05, 4.69) is 16.0 Å². The van der Waals surface area contributed by atoms with Gasteiger partial charge in [0, 0.05) is 23.2 Å². The summed E-state index contributed by atoms with van der Waals surface area (Å²) >= 11 is 5.10. The van der Waals surface area contributed by atoms with Gasteiger partial charge in [0.05, 0.1) is 0 Å². The van der Waals surface area contributed by atoms with Crippen LogP contribution in [0.4, 0.5) is 5.69 Å². The van der Waals surface area contributed by atoms with Gasteiger partial charge in [0.2, 0.25) is 5.91 Å². The van der Waals surface area contributed by atoms with Crippen molar-refractivity contribution in [2.24, 2.45) is 5.41 Å². The molecule has 0 aliphatic rings. The van der Waals surface area contributed by atoms with Crippen molar-refractivity contribution in [3.05, 3.63) is 29.8 Å². The second-order valence-electron chi connectivity index (χ2n) is 5.99. The monoisotopic (exact) mass is 321 g/mol. The van der Waals surface area contributed by atoms with Gasteiger partial charge in [0.15, 0.2) is 5.11 Å². The minimum absolute atomic E-state index is 0.1000. The number of carbonyl (C=O) groups is 2. The summed E-state index contributed by atoms with van der Waals surface area (Å²) in [6.45, 7) is 8.10. The second-order valence-corrected chi connectivity index (χ2v) is 6.40. The summed E-state index contributed by atoms with van der Waals surface area (Å²) in [7, 11) is 0. The molecule has 0 atom stereocenters. The van der Waals surface area contributed by atoms with Crippen LogP contribution >= 0.6 is 12.2 Å². The minimum Gasteiger partial charge on any atom is -0.352 e. The Labute approximate surface area is 136 Å². The standard InChI is InChI=1S/C16H23N3O2S/c1-5-10-17-13(20)11-6-8-12(9-7-11)18-15(22)19-14(21)16(2,3)4/h6-9H,5,10H2,1-4H3,(H,17,20)(H2,18,19,21,22). The Kier molecular flexibility index (Phi) is 6.49. The lowest BCUT2D eigenvalue weighted by Crippen LogP contribution is -2.41. The first-order valence-electron chi connectivity index (χ1n) is 7.24. The highest BCUT2D eigenvalue weighted by Crippen LogP contribution is 2.13. The molecule has 1 rings (SSSR count). The van der Waals surface area contributed by atoms with Gasteiger partial charge in [-0.05, 0) is 42.9 Å². The molecule has 0 fully saturated rings. The Hall–Kier alpha value is -1.95. The van der Waals surface area contributed by atoms with Crippen LogP contribution in [0.3, 0.4) is 0 Å². The quantitative estimate of drug-likeness (QED) is 0.746. The van der Waals surface area contributed by atoms with Gasteiger partial charge in [-0.15, -0.1) is 0 Å². The maximum atomic E-state index is 11.8. The van der Waals surface area contributed by atoms with Gasteiger partial charge in [-0.2, -0.15) is 0 Å². The first-order valence-corrected chi connectivity index (χ1v) is 7.65. The molecule has 2 amide bonds. The summed E-state index contributed by atoms with van der Waals surface area (Å²) in [5, 5.41) is 8.61. The molecule has 0 unspecified atom stereocenters. The Morgan fingerprint density at radius 2 is 1.73 bits per heavy atom. The molecular formula is C16H23N3O2S. The number of nitrogens with one attached hydrogen (secondary N) is 3. The zero-order valence-corrected chi connectivity index (χ0v) is 14.3. The molecule has 0 heterocycles. The van der Waals surface area contributed by atoms with Crippen molar-refractivity contribution in [1.82, 2.24) is 10.6 Å². The predicted octanol–water partition coefficient (Wildman–Crippen LogP) is 2.69. The molecule has 0 aliphatic heterocycles. The summed E-state index contributed by atoms with van der Waals surface area (Å²) < 4.78 is 0. The van der Waals surface area contributed by atoms with Crippen molar-refractivity contribution in [1.29, 1.82) is 0 Å². The number of hydrogen-bond acceptors (Lipinski definition) is 3. The van der Waals surface area contributed by atoms with Crippen molar-refractivity contribution in [2.75, 3.05) is 11.9 Å². The number of carbonyl (C=O) groups excluding carboxylic acids is 2. The molecule has 0 aliphatic carbocycles. The minimum atomic E-state index is -0.507. The van der Waals surface area contributed by atoms with Crippen molar-refractivity contribution < 1.29 is 9.59 Å². The number of benzene rings is 1. The van der Waals surface area contributed by atoms with Gasteiger partial charge in [0.1, 0.15) is 0 Å². The fourth-order valence-electron chi connectivity index (χ4n) is 1.50. The van der Waals surface area contributed by atoms with Crippen LogP contribution in [-0.4, -0.2) is 23.5 Å². The average Bonchev–Trinajstić information content (AvgIpc) is 2.44. The molecular weight excluding hydrogens is 298 g/mol. The molecule has 6 heteroatoms. The molecule has 1 aromatic carbocycles. The highest BCUT2D eigenvalue weighted by atomic mass is 32.1. The molecule has 0 saturated heterocycles. The second kappa shape index (κ2) is 7.89. The lowest BCUT2D eigenvalue weighted by atomic mass is 9.96. The fourth-order valence-corrected chi connectivity index (χ4v) is 1.71. The van der Waals surface area contributed by atoms with Gasteiger partial charge in [-0.1, -0.05) is 27.7 Å². The van der Waals surface area contributed by atoms with E-state index in [0.29, 0.717) is 17.8 Å². The van der Waals surface area contributed by atoms with E-state index in [1.54, 1.807) is 24.3 Å². The van der Waals surface area contributed by atoms with Gasteiger partial charge >= 0.3 is 0 Å². The number of hydrogen-bond donors (Lipinski definition) is 3. The molecule has 5 nitrogen and oxygen atoms in total. The fraction of sp³-hybridized carbons (Fsp3) is 0.438. The summed E-state index contributed by atoms with van der Waals surface area (Å²) in [5.74, 6) is -0.252. The zero-order chi connectivity index (χ0) is 16.8. The van der Waals surface area contributed by atoms with Crippen molar-refractivity contribution in [3.63, 3.8) is 0 Å². The molecule has 0 aromatic heterocycles. The largest absolute Gasteiger partial charge is 0.352 e. The number of thiocarbonyl (C=S) groups is 1. The summed E-state index contributed by atoms with van der Waals surface area (Å²) in [6, 6.07) is 6.91. The predicted molar refractivity (Wildman–Crippen MR) is 92.9 cm³/mol. The van der Waals surface area contributed by atoms with Crippen molar-refractivity contribution >= 4 is 34.8 Å². The van der Waals surface area contributed by atoms with Gasteiger partial charge in [-0.3, -0.25) is 9.59 Å². The van der Waals surface area contributed by atoms with E-state index < -0.39 is 5.41 Å². The van der Waals surface area contributed by atoms with Crippen molar-refractivity contribution in [3.8, 4) is 0 Å². The molecule has 1 aromatic rings. The highest BCUT2D eigenvalue weighted by Gasteiger charge is 2.21. The molecule has 3 N–H and O–H groups in total. The van der Waals surface area contributed by atoms with Gasteiger partial charge in [0.25, 0.3) is 5.91 Å². The lowest BCUT2D eigenvalue weighted by Gasteiger charge is -2.18. The SMILES string of the molecule is CCCNC(=O)c1ccc(NC(=S)NC(=O)C(C)(C)C)cc1. The first-order chi connectivity index (χ1) is 10.2. The van der Waals surface area contributed by atoms with Crippen LogP contribution in [0, 0.1) is 5.41 Å². The Bertz CT molecular complexity index is 548. The van der Waals surface area contributed by atoms with Crippen LogP contribution in [0.25, 0.3) is 0 Å². The van der Waals surface area contributed by atoms with Crippen LogP contribution in [0.1, 0.15) is 44.5 Å². The van der Waals surface area contributed by atoms with E-state index in [9.17, 15) is 9.59 Å². The molecule has 0 saturated carbocycles. The van der Waals surface area contributed by atoms with E-state index in [1.807, 2.05) is 27.7 Å². The maximum Gasteiger partial charge on any atom is 0.251 e. The van der Waals surface area contributed by atoms with E-state index in [-0.39, 0.29) is 16.9 Å². The van der Waals surface area contributed by atoms with E-state index in [0.717, 1.165) is 6.42 Å². The van der Waals surface area contributed by atoms with E-state index >= 15 is 0 Å². The third-order valence-corrected chi connectivity index (χ3v) is 3.05. The van der Waals surface area contributed by atoms with Crippen molar-refractivity contribution in [2.45, 2.75) is 34.1 Å². The molecule has 0 bridgehead atoms. The van der Waals surface area contributed by atoms with Crippen LogP contribution in [0.2, 0.25) is 0 Å². The van der Waals surface area contributed by atoms with E-state index in [1.165, 1.54) is 0 Å². The number of rotatable bonds is 4. The van der Waals surface area contributed by atoms with Gasteiger partial charge < -0.3 is 16.0 Å². The molecule has 22 heavy (non-hydrogen) atoms. The smallest absolute Gasteiger partial charge is 0.251 e. The van der Waals surface area contributed by atoms with Gasteiger partial charge in [-0.25, -0.2) is 0 Å². The average molecular weight is 321 g/mol. The van der Waals surface area contributed by atoms with Crippen LogP contribution in [-0.2, 0) is 4.79 Å². The topological polar surface area (TPSA) is 70.2 Å². The maximum absolute atomic E-state index is 11.8. The zero-order valence-electron chi connectivity index (χ0n) is 13.4. The third kappa shape index (κ3) is 5.81. The summed E-state index contributed by atoms with van der Waals surface area (Å²) in [6.07, 6.45) is 0.896. The summed E-state index contributed by atoms with van der Waals surface area (Å²) in [4.78, 5) is 23.6. The Morgan fingerprint density at radius 3 is 2.23 bits per heavy atom. The Balaban J connectivity index is 2.59. The van der Waals surface area contributed by atoms with Crippen LogP contribution in [0.15, 0.2) is 24.3 Å². The lowest BCUT2D eigenvalue weighted by molar-refractivity contribution is -0.126. The van der Waals surface area contributed by atoms with Crippen LogP contribution in [0.5, 0.6) is 0 Å². The molecule has 120 valence electrons. The molecule has 0 spiro atoms. The molecule has 0 radical (unpaired) electrons. The normalized spacial score (nSPS) is 10.7. The summed E-state index contributed by atoms with van der Waals surface area (Å²) in [5.41, 5.74) is 0.794. The number of amides is 2. The number of anilines is 1. The van der Waals surface area contributed by atoms with E-state index in [4.69, 9.17) is 12.2 Å². The third-order valence-electron chi connectivity index (χ3n) is 2.85. The highest BCUT2D eigenvalue weighted by molar-refractivity contribution is 7.80.